The van der Waals surface area contributed by atoms with Gasteiger partial charge in [0.05, 0.1) is 24.1 Å². The Labute approximate surface area is 92.9 Å². The van der Waals surface area contributed by atoms with Gasteiger partial charge in [0.2, 0.25) is 0 Å². The fourth-order valence-corrected chi connectivity index (χ4v) is 1.30. The average molecular weight is 228 g/mol. The second kappa shape index (κ2) is 4.95. The number of anilines is 1. The van der Waals surface area contributed by atoms with Gasteiger partial charge in [-0.1, -0.05) is 0 Å². The second-order valence-corrected chi connectivity index (χ2v) is 3.52. The summed E-state index contributed by atoms with van der Waals surface area (Å²) in [5.74, 6) is -0.423. The van der Waals surface area contributed by atoms with Gasteiger partial charge in [0.25, 0.3) is 5.91 Å². The summed E-state index contributed by atoms with van der Waals surface area (Å²) in [5.41, 5.74) is 6.84. The second-order valence-electron chi connectivity index (χ2n) is 3.52. The van der Waals surface area contributed by atoms with E-state index in [0.29, 0.717) is 11.4 Å². The van der Waals surface area contributed by atoms with Crippen molar-refractivity contribution in [2.75, 3.05) is 18.9 Å². The number of carbonyl (C=O) groups is 1. The van der Waals surface area contributed by atoms with Crippen molar-refractivity contribution in [2.45, 2.75) is 13.0 Å². The molecule has 0 spiro atoms. The molecule has 1 amide bonds. The predicted octanol–water partition coefficient (Wildman–Crippen LogP) is -1.61. The predicted molar refractivity (Wildman–Crippen MR) is 57.8 cm³/mol. The summed E-state index contributed by atoms with van der Waals surface area (Å²) in [6.45, 7) is 1.27. The molecule has 0 fully saturated rings. The lowest BCUT2D eigenvalue weighted by Crippen LogP contribution is -2.35. The van der Waals surface area contributed by atoms with Gasteiger partial charge >= 0.3 is 0 Å². The minimum atomic E-state index is -0.973. The Balaban J connectivity index is 2.73. The van der Waals surface area contributed by atoms with Gasteiger partial charge in [0, 0.05) is 13.6 Å². The Hall–Kier alpha value is -1.60. The lowest BCUT2D eigenvalue weighted by atomic mass is 10.3. The van der Waals surface area contributed by atoms with Crippen LogP contribution in [-0.4, -0.2) is 45.2 Å². The van der Waals surface area contributed by atoms with E-state index in [9.17, 15) is 4.79 Å². The van der Waals surface area contributed by atoms with Gasteiger partial charge in [0.15, 0.2) is 0 Å². The summed E-state index contributed by atoms with van der Waals surface area (Å²) < 4.78 is 1.38. The Kier molecular flexibility index (Phi) is 3.86. The van der Waals surface area contributed by atoms with E-state index >= 15 is 0 Å². The van der Waals surface area contributed by atoms with Crippen molar-refractivity contribution in [3.63, 3.8) is 0 Å². The standard InChI is InChI=1S/C9H16N4O3/c1-5-7(10)8(13(2)12-5)9(16)11-3-6(15)4-14/h6,14-15H,3-4,10H2,1-2H3,(H,11,16). The van der Waals surface area contributed by atoms with Crippen molar-refractivity contribution in [1.82, 2.24) is 15.1 Å². The molecule has 0 saturated heterocycles. The third-order valence-corrected chi connectivity index (χ3v) is 2.19. The summed E-state index contributed by atoms with van der Waals surface area (Å²) in [4.78, 5) is 11.7. The SMILES string of the molecule is Cc1nn(C)c(C(=O)NCC(O)CO)c1N. The molecule has 7 heteroatoms. The van der Waals surface area contributed by atoms with Crippen LogP contribution in [0.4, 0.5) is 5.69 Å². The zero-order valence-electron chi connectivity index (χ0n) is 9.27. The van der Waals surface area contributed by atoms with Crippen molar-refractivity contribution in [3.05, 3.63) is 11.4 Å². The number of aryl methyl sites for hydroxylation is 2. The first-order valence-electron chi connectivity index (χ1n) is 4.83. The van der Waals surface area contributed by atoms with Crippen LogP contribution in [0.25, 0.3) is 0 Å². The molecule has 0 aliphatic carbocycles. The summed E-state index contributed by atoms with van der Waals surface area (Å²) in [7, 11) is 1.61. The molecule has 90 valence electrons. The van der Waals surface area contributed by atoms with E-state index in [2.05, 4.69) is 10.4 Å². The van der Waals surface area contributed by atoms with E-state index in [-0.39, 0.29) is 12.2 Å². The van der Waals surface area contributed by atoms with Crippen LogP contribution in [0.1, 0.15) is 16.2 Å². The monoisotopic (exact) mass is 228 g/mol. The maximum absolute atomic E-state index is 11.7. The normalized spacial score (nSPS) is 12.5. The van der Waals surface area contributed by atoms with Crippen LogP contribution in [0, 0.1) is 6.92 Å². The maximum Gasteiger partial charge on any atom is 0.271 e. The minimum absolute atomic E-state index is 0.0288. The number of hydrogen-bond acceptors (Lipinski definition) is 5. The van der Waals surface area contributed by atoms with Gasteiger partial charge in [-0.2, -0.15) is 5.10 Å². The first kappa shape index (κ1) is 12.5. The summed E-state index contributed by atoms with van der Waals surface area (Å²) in [5, 5.41) is 24.1. The van der Waals surface area contributed by atoms with Crippen LogP contribution < -0.4 is 11.1 Å². The van der Waals surface area contributed by atoms with Crippen molar-refractivity contribution >= 4 is 11.6 Å². The highest BCUT2D eigenvalue weighted by atomic mass is 16.3. The molecule has 0 aromatic carbocycles. The molecule has 1 heterocycles. The fraction of sp³-hybridized carbons (Fsp3) is 0.556. The summed E-state index contributed by atoms with van der Waals surface area (Å²) >= 11 is 0. The largest absolute Gasteiger partial charge is 0.395 e. The number of rotatable bonds is 4. The number of aliphatic hydroxyl groups is 2. The van der Waals surface area contributed by atoms with Gasteiger partial charge in [-0.15, -0.1) is 0 Å². The topological polar surface area (TPSA) is 113 Å². The Morgan fingerprint density at radius 1 is 1.69 bits per heavy atom. The molecular weight excluding hydrogens is 212 g/mol. The van der Waals surface area contributed by atoms with Crippen LogP contribution >= 0.6 is 0 Å². The zero-order chi connectivity index (χ0) is 12.3. The third-order valence-electron chi connectivity index (χ3n) is 2.19. The molecule has 7 nitrogen and oxygen atoms in total. The number of aromatic nitrogens is 2. The minimum Gasteiger partial charge on any atom is -0.395 e. The molecule has 0 aliphatic heterocycles. The van der Waals surface area contributed by atoms with Crippen LogP contribution in [0.15, 0.2) is 0 Å². The maximum atomic E-state index is 11.7. The molecule has 0 saturated carbocycles. The number of aliphatic hydroxyl groups excluding tert-OH is 2. The Bertz CT molecular complexity index is 388. The number of amides is 1. The third kappa shape index (κ3) is 2.50. The van der Waals surface area contributed by atoms with E-state index in [4.69, 9.17) is 15.9 Å². The number of carbonyl (C=O) groups excluding carboxylic acids is 1. The van der Waals surface area contributed by atoms with Crippen LogP contribution in [-0.2, 0) is 7.05 Å². The number of hydrogen-bond donors (Lipinski definition) is 4. The first-order chi connectivity index (χ1) is 7.47. The van der Waals surface area contributed by atoms with E-state index < -0.39 is 18.6 Å². The van der Waals surface area contributed by atoms with Crippen molar-refractivity contribution < 1.29 is 15.0 Å². The molecular formula is C9H16N4O3. The highest BCUT2D eigenvalue weighted by Gasteiger charge is 2.18. The number of nitrogens with one attached hydrogen (secondary N) is 1. The molecule has 5 N–H and O–H groups in total. The van der Waals surface area contributed by atoms with Crippen molar-refractivity contribution in [1.29, 1.82) is 0 Å². The molecule has 1 rings (SSSR count). The highest BCUT2D eigenvalue weighted by Crippen LogP contribution is 2.14. The molecule has 16 heavy (non-hydrogen) atoms. The number of nitrogens with zero attached hydrogens (tertiary/aromatic N) is 2. The van der Waals surface area contributed by atoms with E-state index in [0.717, 1.165) is 0 Å². The van der Waals surface area contributed by atoms with Crippen molar-refractivity contribution in [2.24, 2.45) is 7.05 Å². The number of nitrogens with two attached hydrogens (primary N) is 1. The quantitative estimate of drug-likeness (QED) is 0.495. The lowest BCUT2D eigenvalue weighted by molar-refractivity contribution is 0.0796. The molecule has 0 bridgehead atoms. The van der Waals surface area contributed by atoms with Gasteiger partial charge in [-0.05, 0) is 6.92 Å². The molecule has 1 aromatic heterocycles. The van der Waals surface area contributed by atoms with Gasteiger partial charge in [0.1, 0.15) is 5.69 Å². The molecule has 0 radical (unpaired) electrons. The Morgan fingerprint density at radius 3 is 2.75 bits per heavy atom. The summed E-state index contributed by atoms with van der Waals surface area (Å²) in [6.07, 6.45) is -0.973. The number of nitrogen functional groups attached to an aromatic ring is 1. The van der Waals surface area contributed by atoms with Crippen LogP contribution in [0.3, 0.4) is 0 Å². The molecule has 1 unspecified atom stereocenters. The highest BCUT2D eigenvalue weighted by molar-refractivity contribution is 5.97. The van der Waals surface area contributed by atoms with E-state index in [1.165, 1.54) is 4.68 Å². The summed E-state index contributed by atoms with van der Waals surface area (Å²) in [6, 6.07) is 0. The molecule has 1 aromatic rings. The van der Waals surface area contributed by atoms with Crippen LogP contribution in [0.2, 0.25) is 0 Å². The molecule has 1 atom stereocenters. The Morgan fingerprint density at radius 2 is 2.31 bits per heavy atom. The van der Waals surface area contributed by atoms with Gasteiger partial charge in [-0.3, -0.25) is 9.48 Å². The van der Waals surface area contributed by atoms with Crippen molar-refractivity contribution in [3.8, 4) is 0 Å². The van der Waals surface area contributed by atoms with Crippen LogP contribution in [0.5, 0.6) is 0 Å². The van der Waals surface area contributed by atoms with Gasteiger partial charge in [-0.25, -0.2) is 0 Å². The fourth-order valence-electron chi connectivity index (χ4n) is 1.30. The average Bonchev–Trinajstić information content (AvgIpc) is 2.49. The first-order valence-corrected chi connectivity index (χ1v) is 4.83. The smallest absolute Gasteiger partial charge is 0.271 e. The van der Waals surface area contributed by atoms with E-state index in [1.54, 1.807) is 14.0 Å². The van der Waals surface area contributed by atoms with E-state index in [1.807, 2.05) is 0 Å². The lowest BCUT2D eigenvalue weighted by Gasteiger charge is -2.09. The zero-order valence-corrected chi connectivity index (χ0v) is 9.27. The van der Waals surface area contributed by atoms with Gasteiger partial charge < -0.3 is 21.3 Å². The molecule has 0 aliphatic rings.